The van der Waals surface area contributed by atoms with Crippen LogP contribution in [0.4, 0.5) is 0 Å². The van der Waals surface area contributed by atoms with E-state index in [1.54, 1.807) is 0 Å². The summed E-state index contributed by atoms with van der Waals surface area (Å²) in [6.45, 7) is 3.57. The Hall–Kier alpha value is -2.07. The van der Waals surface area contributed by atoms with Crippen LogP contribution >= 0.6 is 0 Å². The van der Waals surface area contributed by atoms with E-state index in [1.807, 2.05) is 42.5 Å². The number of carbonyl (C=O) groups is 1. The summed E-state index contributed by atoms with van der Waals surface area (Å²) in [4.78, 5) is 14.5. The molecule has 1 aromatic carbocycles. The highest BCUT2D eigenvalue weighted by Gasteiger charge is 2.11. The Labute approximate surface area is 143 Å². The summed E-state index contributed by atoms with van der Waals surface area (Å²) in [6.07, 6.45) is 5.73. The van der Waals surface area contributed by atoms with Crippen molar-refractivity contribution in [3.8, 4) is 11.3 Å². The van der Waals surface area contributed by atoms with Crippen molar-refractivity contribution < 1.29 is 9.21 Å². The van der Waals surface area contributed by atoms with Crippen molar-refractivity contribution in [2.24, 2.45) is 0 Å². The monoisotopic (exact) mass is 326 g/mol. The Morgan fingerprint density at radius 2 is 1.75 bits per heavy atom. The molecule has 0 spiro atoms. The van der Waals surface area contributed by atoms with Crippen molar-refractivity contribution in [2.75, 3.05) is 19.6 Å². The normalized spacial score (nSPS) is 15.8. The molecule has 1 fully saturated rings. The SMILES string of the molecule is O=C(CCN1CCCCCC1)NCc1ccc(-c2ccccc2)o1. The quantitative estimate of drug-likeness (QED) is 0.877. The standard InChI is InChI=1S/C20H26N2O2/c23-20(12-15-22-13-6-1-2-7-14-22)21-16-18-10-11-19(24-18)17-8-4-3-5-9-17/h3-5,8-11H,1-2,6-7,12-16H2,(H,21,23). The molecule has 128 valence electrons. The number of likely N-dealkylation sites (tertiary alicyclic amines) is 1. The van der Waals surface area contributed by atoms with Gasteiger partial charge in [0.05, 0.1) is 6.54 Å². The molecule has 1 aliphatic heterocycles. The van der Waals surface area contributed by atoms with Crippen molar-refractivity contribution in [1.82, 2.24) is 10.2 Å². The topological polar surface area (TPSA) is 45.5 Å². The van der Waals surface area contributed by atoms with Crippen LogP contribution in [0.1, 0.15) is 37.9 Å². The van der Waals surface area contributed by atoms with Crippen molar-refractivity contribution in [2.45, 2.75) is 38.6 Å². The minimum Gasteiger partial charge on any atom is -0.459 e. The predicted octanol–water partition coefficient (Wildman–Crippen LogP) is 3.83. The lowest BCUT2D eigenvalue weighted by atomic mass is 10.2. The molecule has 0 radical (unpaired) electrons. The lowest BCUT2D eigenvalue weighted by Gasteiger charge is -2.19. The van der Waals surface area contributed by atoms with Crippen LogP contribution in [0.3, 0.4) is 0 Å². The molecule has 1 N–H and O–H groups in total. The third-order valence-corrected chi connectivity index (χ3v) is 4.53. The van der Waals surface area contributed by atoms with Crippen LogP contribution in [-0.2, 0) is 11.3 Å². The second-order valence-corrected chi connectivity index (χ2v) is 6.41. The molecule has 0 bridgehead atoms. The van der Waals surface area contributed by atoms with Crippen molar-refractivity contribution in [3.63, 3.8) is 0 Å². The average Bonchev–Trinajstić information content (AvgIpc) is 2.94. The molecule has 1 saturated heterocycles. The van der Waals surface area contributed by atoms with Gasteiger partial charge >= 0.3 is 0 Å². The molecule has 3 rings (SSSR count). The molecule has 0 saturated carbocycles. The first kappa shape index (κ1) is 16.8. The molecule has 0 aliphatic carbocycles. The van der Waals surface area contributed by atoms with Crippen molar-refractivity contribution >= 4 is 5.91 Å². The summed E-state index contributed by atoms with van der Waals surface area (Å²) in [5.41, 5.74) is 1.05. The Bertz CT molecular complexity index is 628. The summed E-state index contributed by atoms with van der Waals surface area (Å²) in [7, 11) is 0. The maximum absolute atomic E-state index is 12.0. The lowest BCUT2D eigenvalue weighted by molar-refractivity contribution is -0.121. The van der Waals surface area contributed by atoms with Gasteiger partial charge in [0.15, 0.2) is 0 Å². The van der Waals surface area contributed by atoms with E-state index < -0.39 is 0 Å². The summed E-state index contributed by atoms with van der Waals surface area (Å²) < 4.78 is 5.81. The highest BCUT2D eigenvalue weighted by molar-refractivity contribution is 5.76. The fraction of sp³-hybridized carbons (Fsp3) is 0.450. The minimum absolute atomic E-state index is 0.0944. The second-order valence-electron chi connectivity index (χ2n) is 6.41. The van der Waals surface area contributed by atoms with E-state index in [-0.39, 0.29) is 5.91 Å². The first-order chi connectivity index (χ1) is 11.8. The number of amides is 1. The van der Waals surface area contributed by atoms with Gasteiger partial charge in [0, 0.05) is 18.5 Å². The molecule has 4 heteroatoms. The molecule has 1 amide bonds. The molecule has 2 heterocycles. The third-order valence-electron chi connectivity index (χ3n) is 4.53. The number of nitrogens with zero attached hydrogens (tertiary/aromatic N) is 1. The van der Waals surface area contributed by atoms with E-state index in [4.69, 9.17) is 4.42 Å². The maximum atomic E-state index is 12.0. The van der Waals surface area contributed by atoms with E-state index in [2.05, 4.69) is 10.2 Å². The van der Waals surface area contributed by atoms with Gasteiger partial charge in [-0.3, -0.25) is 4.79 Å². The van der Waals surface area contributed by atoms with Crippen LogP contribution < -0.4 is 5.32 Å². The van der Waals surface area contributed by atoms with Gasteiger partial charge in [0.2, 0.25) is 5.91 Å². The van der Waals surface area contributed by atoms with Crippen LogP contribution in [0.15, 0.2) is 46.9 Å². The number of hydrogen-bond donors (Lipinski definition) is 1. The molecule has 0 atom stereocenters. The highest BCUT2D eigenvalue weighted by atomic mass is 16.3. The number of hydrogen-bond acceptors (Lipinski definition) is 3. The number of furan rings is 1. The molecular formula is C20H26N2O2. The summed E-state index contributed by atoms with van der Waals surface area (Å²) in [6, 6.07) is 13.9. The number of benzene rings is 1. The second kappa shape index (κ2) is 8.69. The molecule has 24 heavy (non-hydrogen) atoms. The molecular weight excluding hydrogens is 300 g/mol. The van der Waals surface area contributed by atoms with Crippen LogP contribution in [0, 0.1) is 0 Å². The zero-order valence-electron chi connectivity index (χ0n) is 14.2. The van der Waals surface area contributed by atoms with Gasteiger partial charge in [-0.25, -0.2) is 0 Å². The maximum Gasteiger partial charge on any atom is 0.221 e. The Morgan fingerprint density at radius 1 is 1.00 bits per heavy atom. The number of rotatable bonds is 6. The largest absolute Gasteiger partial charge is 0.459 e. The summed E-state index contributed by atoms with van der Waals surface area (Å²) in [5, 5.41) is 2.96. The fourth-order valence-corrected chi connectivity index (χ4v) is 3.12. The van der Waals surface area contributed by atoms with Gasteiger partial charge in [0.1, 0.15) is 11.5 Å². The number of nitrogens with one attached hydrogen (secondary N) is 1. The zero-order valence-corrected chi connectivity index (χ0v) is 14.2. The van der Waals surface area contributed by atoms with E-state index in [0.29, 0.717) is 13.0 Å². The van der Waals surface area contributed by atoms with Gasteiger partial charge in [-0.15, -0.1) is 0 Å². The molecule has 1 aliphatic rings. The number of carbonyl (C=O) groups excluding carboxylic acids is 1. The van der Waals surface area contributed by atoms with Gasteiger partial charge in [-0.05, 0) is 38.1 Å². The van der Waals surface area contributed by atoms with Crippen molar-refractivity contribution in [1.29, 1.82) is 0 Å². The zero-order chi connectivity index (χ0) is 16.6. The van der Waals surface area contributed by atoms with E-state index in [9.17, 15) is 4.79 Å². The fourth-order valence-electron chi connectivity index (χ4n) is 3.12. The van der Waals surface area contributed by atoms with E-state index in [0.717, 1.165) is 36.7 Å². The first-order valence-electron chi connectivity index (χ1n) is 8.94. The smallest absolute Gasteiger partial charge is 0.221 e. The van der Waals surface area contributed by atoms with Crippen LogP contribution in [0.2, 0.25) is 0 Å². The van der Waals surface area contributed by atoms with E-state index in [1.165, 1.54) is 25.7 Å². The van der Waals surface area contributed by atoms with Crippen LogP contribution in [0.5, 0.6) is 0 Å². The predicted molar refractivity (Wildman–Crippen MR) is 95.5 cm³/mol. The average molecular weight is 326 g/mol. The third kappa shape index (κ3) is 4.96. The minimum atomic E-state index is 0.0944. The lowest BCUT2D eigenvalue weighted by Crippen LogP contribution is -2.31. The Morgan fingerprint density at radius 3 is 2.50 bits per heavy atom. The van der Waals surface area contributed by atoms with Gasteiger partial charge in [-0.2, -0.15) is 0 Å². The molecule has 4 nitrogen and oxygen atoms in total. The highest BCUT2D eigenvalue weighted by Crippen LogP contribution is 2.21. The first-order valence-corrected chi connectivity index (χ1v) is 8.94. The van der Waals surface area contributed by atoms with E-state index >= 15 is 0 Å². The van der Waals surface area contributed by atoms with Gasteiger partial charge in [0.25, 0.3) is 0 Å². The Kier molecular flexibility index (Phi) is 6.07. The van der Waals surface area contributed by atoms with Gasteiger partial charge < -0.3 is 14.6 Å². The van der Waals surface area contributed by atoms with Gasteiger partial charge in [-0.1, -0.05) is 43.2 Å². The molecule has 2 aromatic rings. The van der Waals surface area contributed by atoms with Crippen LogP contribution in [0.25, 0.3) is 11.3 Å². The molecule has 0 unspecified atom stereocenters. The Balaban J connectivity index is 1.42. The summed E-state index contributed by atoms with van der Waals surface area (Å²) >= 11 is 0. The van der Waals surface area contributed by atoms with Crippen molar-refractivity contribution in [3.05, 3.63) is 48.2 Å². The summed E-state index contributed by atoms with van der Waals surface area (Å²) in [5.74, 6) is 1.72. The molecule has 1 aromatic heterocycles. The van der Waals surface area contributed by atoms with Crippen LogP contribution in [-0.4, -0.2) is 30.4 Å².